The molecule has 0 heterocycles. The van der Waals surface area contributed by atoms with Crippen LogP contribution in [0.25, 0.3) is 0 Å². The third-order valence-electron chi connectivity index (χ3n) is 13.2. The van der Waals surface area contributed by atoms with E-state index < -0.39 is 12.2 Å². The lowest BCUT2D eigenvalue weighted by Crippen LogP contribution is -2.65. The Balaban J connectivity index is 1.54. The number of hydrogen-bond donors (Lipinski definition) is 2. The van der Waals surface area contributed by atoms with Crippen LogP contribution in [0.15, 0.2) is 53.1 Å². The van der Waals surface area contributed by atoms with E-state index in [2.05, 4.69) is 33.8 Å². The minimum Gasteiger partial charge on any atom is -0.461 e. The zero-order valence-electron chi connectivity index (χ0n) is 30.1. The zero-order valence-corrected chi connectivity index (χ0v) is 30.1. The van der Waals surface area contributed by atoms with E-state index in [4.69, 9.17) is 19.9 Å². The van der Waals surface area contributed by atoms with Gasteiger partial charge in [-0.25, -0.2) is 4.79 Å². The molecule has 0 bridgehead atoms. The van der Waals surface area contributed by atoms with Gasteiger partial charge in [0.1, 0.15) is 18.8 Å². The molecule has 5 rings (SSSR count). The second-order valence-electron chi connectivity index (χ2n) is 16.1. The molecule has 48 heavy (non-hydrogen) atoms. The van der Waals surface area contributed by atoms with Gasteiger partial charge in [0, 0.05) is 12.5 Å². The van der Waals surface area contributed by atoms with E-state index in [0.717, 1.165) is 36.8 Å². The summed E-state index contributed by atoms with van der Waals surface area (Å²) in [5.41, 5.74) is 8.27. The van der Waals surface area contributed by atoms with E-state index in [1.165, 1.54) is 12.5 Å². The molecule has 4 fully saturated rings. The van der Waals surface area contributed by atoms with Crippen molar-refractivity contribution in [3.8, 4) is 0 Å². The number of benzene rings is 1. The Kier molecular flexibility index (Phi) is 10.7. The molecule has 0 saturated heterocycles. The number of aliphatic hydroxyl groups is 1. The highest BCUT2D eigenvalue weighted by molar-refractivity contribution is 5.90. The predicted octanol–water partition coefficient (Wildman–Crippen LogP) is 6.83. The van der Waals surface area contributed by atoms with Crippen molar-refractivity contribution in [3.05, 3.63) is 58.7 Å². The maximum Gasteiger partial charge on any atom is 0.334 e. The van der Waals surface area contributed by atoms with Crippen molar-refractivity contribution in [1.29, 1.82) is 0 Å². The molecular formula is C40H57NO7. The summed E-state index contributed by atoms with van der Waals surface area (Å²) in [6, 6.07) is 9.64. The predicted molar refractivity (Wildman–Crippen MR) is 184 cm³/mol. The van der Waals surface area contributed by atoms with E-state index in [1.54, 1.807) is 0 Å². The van der Waals surface area contributed by atoms with E-state index >= 15 is 0 Å². The zero-order chi connectivity index (χ0) is 35.0. The molecule has 10 atom stereocenters. The minimum absolute atomic E-state index is 0.00454. The second kappa shape index (κ2) is 14.1. The van der Waals surface area contributed by atoms with Gasteiger partial charge in [-0.3, -0.25) is 9.59 Å². The second-order valence-corrected chi connectivity index (χ2v) is 16.1. The summed E-state index contributed by atoms with van der Waals surface area (Å²) < 4.78 is 17.9. The maximum absolute atomic E-state index is 14.1. The summed E-state index contributed by atoms with van der Waals surface area (Å²) in [7, 11) is 0. The number of ether oxygens (including phenoxy) is 3. The van der Waals surface area contributed by atoms with Crippen molar-refractivity contribution in [2.24, 2.45) is 45.7 Å². The Hall–Kier alpha value is -2.97. The van der Waals surface area contributed by atoms with E-state index in [1.807, 2.05) is 44.2 Å². The number of carbonyl (C=O) groups excluding carboxylic acids is 3. The monoisotopic (exact) mass is 663 g/mol. The third kappa shape index (κ3) is 6.51. The van der Waals surface area contributed by atoms with Gasteiger partial charge in [0.25, 0.3) is 0 Å². The lowest BCUT2D eigenvalue weighted by atomic mass is 9.36. The van der Waals surface area contributed by atoms with Crippen LogP contribution in [0.3, 0.4) is 0 Å². The smallest absolute Gasteiger partial charge is 0.334 e. The quantitative estimate of drug-likeness (QED) is 0.127. The van der Waals surface area contributed by atoms with Crippen molar-refractivity contribution >= 4 is 17.9 Å². The van der Waals surface area contributed by atoms with Gasteiger partial charge in [-0.2, -0.15) is 0 Å². The van der Waals surface area contributed by atoms with Gasteiger partial charge in [-0.15, -0.1) is 0 Å². The fourth-order valence-electron chi connectivity index (χ4n) is 11.0. The molecular weight excluding hydrogens is 606 g/mol. The molecule has 264 valence electrons. The molecule has 3 N–H and O–H groups in total. The van der Waals surface area contributed by atoms with Crippen LogP contribution in [-0.2, 0) is 35.2 Å². The molecule has 3 unspecified atom stereocenters. The van der Waals surface area contributed by atoms with Gasteiger partial charge in [0.2, 0.25) is 0 Å². The topological polar surface area (TPSA) is 125 Å². The van der Waals surface area contributed by atoms with E-state index in [9.17, 15) is 19.5 Å². The van der Waals surface area contributed by atoms with Crippen LogP contribution >= 0.6 is 0 Å². The minimum atomic E-state index is -0.610. The summed E-state index contributed by atoms with van der Waals surface area (Å²) in [6.45, 7) is 14.7. The Morgan fingerprint density at radius 1 is 1.00 bits per heavy atom. The average molecular weight is 664 g/mol. The molecule has 0 aromatic heterocycles. The van der Waals surface area contributed by atoms with Gasteiger partial charge in [0.05, 0.1) is 12.6 Å². The molecule has 4 aliphatic rings. The molecule has 0 radical (unpaired) electrons. The fraction of sp³-hybridized carbons (Fsp3) is 0.675. The van der Waals surface area contributed by atoms with E-state index in [0.29, 0.717) is 31.3 Å². The molecule has 0 spiro atoms. The average Bonchev–Trinajstić information content (AvgIpc) is 3.30. The van der Waals surface area contributed by atoms with Crippen LogP contribution in [0.1, 0.15) is 105 Å². The first-order valence-electron chi connectivity index (χ1n) is 18.0. The Morgan fingerprint density at radius 3 is 2.35 bits per heavy atom. The van der Waals surface area contributed by atoms with Crippen LogP contribution in [-0.4, -0.2) is 47.9 Å². The van der Waals surface area contributed by atoms with Crippen molar-refractivity contribution in [2.75, 3.05) is 6.54 Å². The van der Waals surface area contributed by atoms with Crippen LogP contribution in [0.4, 0.5) is 0 Å². The van der Waals surface area contributed by atoms with Crippen molar-refractivity contribution in [3.63, 3.8) is 0 Å². The number of esters is 3. The highest BCUT2D eigenvalue weighted by Gasteiger charge is 2.71. The molecule has 1 aromatic carbocycles. The van der Waals surface area contributed by atoms with Gasteiger partial charge in [0.15, 0.2) is 0 Å². The SMILES string of the molecule is CC(=O)O[C@H]1C[C@@]2(C)C(C[C@@H](O)C3[C@@]4(C)CC[C@@H](OC(=O)CN)[C@@H](C)C4CC[C@@]32C)/C1=C(\CCC=C(C)C)C(=O)OCc1ccccc1. The van der Waals surface area contributed by atoms with Crippen LogP contribution < -0.4 is 5.73 Å². The molecule has 4 saturated carbocycles. The molecule has 8 nitrogen and oxygen atoms in total. The summed E-state index contributed by atoms with van der Waals surface area (Å²) in [5, 5.41) is 12.3. The third-order valence-corrected chi connectivity index (χ3v) is 13.2. The Labute approximate surface area is 286 Å². The summed E-state index contributed by atoms with van der Waals surface area (Å²) in [4.78, 5) is 38.9. The van der Waals surface area contributed by atoms with Gasteiger partial charge >= 0.3 is 17.9 Å². The lowest BCUT2D eigenvalue weighted by Gasteiger charge is -2.69. The molecule has 4 aliphatic carbocycles. The maximum atomic E-state index is 14.1. The normalized spacial score (nSPS) is 38.1. The van der Waals surface area contributed by atoms with Crippen LogP contribution in [0, 0.1) is 39.9 Å². The van der Waals surface area contributed by atoms with Crippen LogP contribution in [0.5, 0.6) is 0 Å². The first-order chi connectivity index (χ1) is 22.7. The summed E-state index contributed by atoms with van der Waals surface area (Å²) in [5.74, 6) is -0.849. The first kappa shape index (κ1) is 36.3. The Morgan fingerprint density at radius 2 is 1.71 bits per heavy atom. The first-order valence-corrected chi connectivity index (χ1v) is 18.0. The van der Waals surface area contributed by atoms with E-state index in [-0.39, 0.29) is 77.1 Å². The number of nitrogens with two attached hydrogens (primary N) is 1. The highest BCUT2D eigenvalue weighted by atomic mass is 16.6. The van der Waals surface area contributed by atoms with Gasteiger partial charge < -0.3 is 25.1 Å². The largest absolute Gasteiger partial charge is 0.461 e. The standard InChI is InChI=1S/C40H57NO7/c1-24(2)12-11-15-28(37(45)46-23-27-13-9-8-10-14-27)35-30-20-31(43)36-38(5)18-17-32(48-34(44)22-41)25(3)29(38)16-19-39(36,6)40(30,7)21-33(35)47-26(4)42/h8-10,12-14,25,29-33,36,43H,11,15-23,41H2,1-7H3/b35-28-/t25-,29?,30?,31+,32+,33-,36?,38-,39-,40-/m0/s1. The fourth-order valence-corrected chi connectivity index (χ4v) is 11.0. The Bertz CT molecular complexity index is 1430. The number of hydrogen-bond acceptors (Lipinski definition) is 8. The number of fused-ring (bicyclic) bond motifs is 5. The van der Waals surface area contributed by atoms with Crippen molar-refractivity contribution in [2.45, 2.75) is 125 Å². The number of carbonyl (C=O) groups is 3. The lowest BCUT2D eigenvalue weighted by molar-refractivity contribution is -0.236. The van der Waals surface area contributed by atoms with Gasteiger partial charge in [-0.1, -0.05) is 69.7 Å². The molecule has 1 aromatic rings. The number of allylic oxidation sites excluding steroid dienone is 2. The summed E-state index contributed by atoms with van der Waals surface area (Å²) >= 11 is 0. The molecule has 0 amide bonds. The molecule has 0 aliphatic heterocycles. The number of aliphatic hydroxyl groups excluding tert-OH is 1. The van der Waals surface area contributed by atoms with Crippen LogP contribution in [0.2, 0.25) is 0 Å². The summed E-state index contributed by atoms with van der Waals surface area (Å²) in [6.07, 6.45) is 6.40. The van der Waals surface area contributed by atoms with Gasteiger partial charge in [-0.05, 0) is 116 Å². The van der Waals surface area contributed by atoms with Crippen molar-refractivity contribution in [1.82, 2.24) is 0 Å². The highest BCUT2D eigenvalue weighted by Crippen LogP contribution is 2.74. The van der Waals surface area contributed by atoms with Crippen molar-refractivity contribution < 1.29 is 33.7 Å². The number of rotatable bonds is 9. The molecule has 8 heteroatoms.